The van der Waals surface area contributed by atoms with E-state index in [9.17, 15) is 9.59 Å². The molecule has 10 heteroatoms. The number of hydrogen-bond donors (Lipinski definition) is 2. The number of nitrogens with two attached hydrogens (primary N) is 1. The van der Waals surface area contributed by atoms with Crippen molar-refractivity contribution in [1.82, 2.24) is 20.3 Å². The molecule has 1 aliphatic carbocycles. The van der Waals surface area contributed by atoms with Gasteiger partial charge in [0.15, 0.2) is 17.2 Å². The van der Waals surface area contributed by atoms with Gasteiger partial charge in [0.1, 0.15) is 12.0 Å². The fourth-order valence-electron chi connectivity index (χ4n) is 3.64. The third-order valence-electron chi connectivity index (χ3n) is 5.93. The summed E-state index contributed by atoms with van der Waals surface area (Å²) in [5.41, 5.74) is 6.26. The molecule has 0 aliphatic heterocycles. The number of methoxy groups -OCH3 is 2. The molecular formula is C31H51N5O5. The van der Waals surface area contributed by atoms with Crippen LogP contribution >= 0.6 is 0 Å². The van der Waals surface area contributed by atoms with Crippen molar-refractivity contribution >= 4 is 17.9 Å². The van der Waals surface area contributed by atoms with E-state index in [1.165, 1.54) is 7.05 Å². The normalized spacial score (nSPS) is 13.2. The van der Waals surface area contributed by atoms with Crippen LogP contribution in [0, 0.1) is 5.92 Å². The van der Waals surface area contributed by atoms with Gasteiger partial charge in [-0.05, 0) is 64.3 Å². The van der Waals surface area contributed by atoms with Gasteiger partial charge in [-0.1, -0.05) is 52.0 Å². The van der Waals surface area contributed by atoms with Gasteiger partial charge in [-0.15, -0.1) is 5.10 Å². The fourth-order valence-corrected chi connectivity index (χ4v) is 3.64. The monoisotopic (exact) mass is 573 g/mol. The predicted octanol–water partition coefficient (Wildman–Crippen LogP) is 5.47. The third-order valence-corrected chi connectivity index (χ3v) is 5.93. The van der Waals surface area contributed by atoms with E-state index < -0.39 is 0 Å². The van der Waals surface area contributed by atoms with Gasteiger partial charge in [-0.2, -0.15) is 0 Å². The lowest BCUT2D eigenvalue weighted by Crippen LogP contribution is -2.40. The zero-order valence-corrected chi connectivity index (χ0v) is 26.4. The molecule has 1 aromatic heterocycles. The highest BCUT2D eigenvalue weighted by Gasteiger charge is 2.25. The van der Waals surface area contributed by atoms with Crippen LogP contribution in [0.15, 0.2) is 36.4 Å². The number of nitrogens with one attached hydrogen (secondary N) is 1. The van der Waals surface area contributed by atoms with Crippen molar-refractivity contribution in [2.45, 2.75) is 79.7 Å². The highest BCUT2D eigenvalue weighted by atomic mass is 16.5. The Morgan fingerprint density at radius 2 is 1.80 bits per heavy atom. The topological polar surface area (TPSA) is 131 Å². The summed E-state index contributed by atoms with van der Waals surface area (Å²) in [5.74, 6) is 1.45. The number of benzene rings is 1. The minimum Gasteiger partial charge on any atom is -0.493 e. The van der Waals surface area contributed by atoms with Crippen molar-refractivity contribution < 1.29 is 23.8 Å². The van der Waals surface area contributed by atoms with Crippen LogP contribution in [0.25, 0.3) is 5.70 Å². The first-order valence-electron chi connectivity index (χ1n) is 14.5. The van der Waals surface area contributed by atoms with Gasteiger partial charge in [0.25, 0.3) is 5.91 Å². The predicted molar refractivity (Wildman–Crippen MR) is 166 cm³/mol. The van der Waals surface area contributed by atoms with Gasteiger partial charge in [0.2, 0.25) is 0 Å². The number of carbonyl (C=O) groups excluding carboxylic acids is 2. The smallest absolute Gasteiger partial charge is 0.273 e. The second-order valence-electron chi connectivity index (χ2n) is 8.43. The summed E-state index contributed by atoms with van der Waals surface area (Å²) in [4.78, 5) is 23.9. The zero-order chi connectivity index (χ0) is 31.2. The Bertz CT molecular complexity index is 1080. The second kappa shape index (κ2) is 22.1. The van der Waals surface area contributed by atoms with E-state index in [1.807, 2.05) is 59.8 Å². The minimum absolute atomic E-state index is 0.198. The van der Waals surface area contributed by atoms with Crippen LogP contribution in [-0.2, 0) is 11.2 Å². The van der Waals surface area contributed by atoms with E-state index >= 15 is 0 Å². The van der Waals surface area contributed by atoms with E-state index in [1.54, 1.807) is 37.1 Å². The van der Waals surface area contributed by atoms with Crippen molar-refractivity contribution in [2.75, 3.05) is 27.9 Å². The standard InChI is InChI=1S/C26H34N4O5.2C2H6.CH5N/c1-5-20(12-11-18(2)17-31)30-22(25(28-29-30)26(32)27-19-8-6-9-19)10-7-15-35-21-13-14-23(33-3)24(16-21)34-4;3*1-2/h5,11-14,16-19H,6-10,15H2,1-4H3,(H,27,32);2*1-2H3;2H2,1H3/b12-11-,20-5+;;;. The Balaban J connectivity index is 0.00000250. The molecule has 1 aliphatic rings. The maximum absolute atomic E-state index is 12.9. The first-order chi connectivity index (χ1) is 20.0. The summed E-state index contributed by atoms with van der Waals surface area (Å²) in [6.45, 7) is 12.1. The van der Waals surface area contributed by atoms with E-state index in [2.05, 4.69) is 21.4 Å². The lowest BCUT2D eigenvalue weighted by molar-refractivity contribution is -0.109. The van der Waals surface area contributed by atoms with E-state index in [4.69, 9.17) is 14.2 Å². The first kappa shape index (κ1) is 37.3. The summed E-state index contributed by atoms with van der Waals surface area (Å²) in [6.07, 6.45) is 10.6. The number of carbonyl (C=O) groups is 2. The number of amides is 1. The molecule has 0 bridgehead atoms. The summed E-state index contributed by atoms with van der Waals surface area (Å²) < 4.78 is 18.2. The number of rotatable bonds is 13. The molecule has 1 aromatic carbocycles. The van der Waals surface area contributed by atoms with Crippen LogP contribution in [0.5, 0.6) is 17.2 Å². The van der Waals surface area contributed by atoms with Gasteiger partial charge in [0, 0.05) is 18.0 Å². The molecule has 0 radical (unpaired) electrons. The van der Waals surface area contributed by atoms with Gasteiger partial charge in [0.05, 0.1) is 32.2 Å². The van der Waals surface area contributed by atoms with Crippen LogP contribution in [-0.4, -0.2) is 61.1 Å². The molecule has 0 spiro atoms. The Labute approximate surface area is 246 Å². The number of aldehydes is 1. The molecule has 1 fully saturated rings. The summed E-state index contributed by atoms with van der Waals surface area (Å²) in [5, 5.41) is 11.5. The molecule has 3 rings (SSSR count). The molecule has 1 amide bonds. The molecular weight excluding hydrogens is 522 g/mol. The van der Waals surface area contributed by atoms with Crippen LogP contribution in [0.3, 0.4) is 0 Å². The third kappa shape index (κ3) is 11.8. The largest absolute Gasteiger partial charge is 0.493 e. The maximum Gasteiger partial charge on any atom is 0.273 e. The van der Waals surface area contributed by atoms with E-state index in [-0.39, 0.29) is 17.9 Å². The van der Waals surface area contributed by atoms with Crippen molar-refractivity contribution in [3.63, 3.8) is 0 Å². The summed E-state index contributed by atoms with van der Waals surface area (Å²) in [6, 6.07) is 5.59. The molecule has 1 atom stereocenters. The second-order valence-corrected chi connectivity index (χ2v) is 8.43. The Hall–Kier alpha value is -3.66. The lowest BCUT2D eigenvalue weighted by Gasteiger charge is -2.26. The first-order valence-corrected chi connectivity index (χ1v) is 14.5. The molecule has 10 nitrogen and oxygen atoms in total. The van der Waals surface area contributed by atoms with Crippen molar-refractivity contribution in [3.8, 4) is 17.2 Å². The molecule has 1 unspecified atom stereocenters. The molecule has 2 aromatic rings. The van der Waals surface area contributed by atoms with Crippen molar-refractivity contribution in [1.29, 1.82) is 0 Å². The van der Waals surface area contributed by atoms with Gasteiger partial charge in [-0.3, -0.25) is 4.79 Å². The van der Waals surface area contributed by atoms with Crippen molar-refractivity contribution in [2.24, 2.45) is 11.7 Å². The molecule has 3 N–H and O–H groups in total. The SMILES string of the molecule is C/C=C(\C=C/C(C)C=O)n1nnc(C(=O)NC2CCC2)c1CCCOc1ccc(OC)c(OC)c1.CC.CC.CN. The average molecular weight is 574 g/mol. The number of ether oxygens (including phenoxy) is 3. The van der Waals surface area contributed by atoms with E-state index in [0.29, 0.717) is 48.1 Å². The molecule has 41 heavy (non-hydrogen) atoms. The number of aromatic nitrogens is 3. The molecule has 230 valence electrons. The van der Waals surface area contributed by atoms with E-state index in [0.717, 1.165) is 31.2 Å². The van der Waals surface area contributed by atoms with Gasteiger partial charge < -0.3 is 30.1 Å². The lowest BCUT2D eigenvalue weighted by atomic mass is 9.93. The maximum atomic E-state index is 12.9. The number of hydrogen-bond acceptors (Lipinski definition) is 8. The molecule has 0 saturated heterocycles. The Morgan fingerprint density at radius 3 is 2.34 bits per heavy atom. The number of nitrogens with zero attached hydrogens (tertiary/aromatic N) is 3. The highest BCUT2D eigenvalue weighted by molar-refractivity contribution is 5.93. The van der Waals surface area contributed by atoms with Crippen LogP contribution in [0.1, 0.15) is 83.4 Å². The van der Waals surface area contributed by atoms with Gasteiger partial charge >= 0.3 is 0 Å². The van der Waals surface area contributed by atoms with Crippen LogP contribution in [0.4, 0.5) is 0 Å². The summed E-state index contributed by atoms with van der Waals surface area (Å²) in [7, 11) is 4.66. The van der Waals surface area contributed by atoms with Crippen LogP contribution in [0.2, 0.25) is 0 Å². The van der Waals surface area contributed by atoms with Crippen LogP contribution < -0.4 is 25.3 Å². The number of allylic oxidation sites excluding steroid dienone is 4. The minimum atomic E-state index is -0.229. The quantitative estimate of drug-likeness (QED) is 0.183. The molecule has 1 saturated carbocycles. The zero-order valence-electron chi connectivity index (χ0n) is 26.4. The average Bonchev–Trinajstić information content (AvgIpc) is 3.43. The Morgan fingerprint density at radius 1 is 1.15 bits per heavy atom. The van der Waals surface area contributed by atoms with Crippen molar-refractivity contribution in [3.05, 3.63) is 47.8 Å². The highest BCUT2D eigenvalue weighted by Crippen LogP contribution is 2.31. The van der Waals surface area contributed by atoms with Gasteiger partial charge in [-0.25, -0.2) is 4.68 Å². The fraction of sp³-hybridized carbons (Fsp3) is 0.548. The molecule has 1 heterocycles. The Kier molecular flexibility index (Phi) is 20.1. The summed E-state index contributed by atoms with van der Waals surface area (Å²) >= 11 is 0.